The van der Waals surface area contributed by atoms with Crippen molar-refractivity contribution in [2.24, 2.45) is 5.92 Å². The van der Waals surface area contributed by atoms with Crippen LogP contribution in [0.4, 0.5) is 0 Å². The lowest BCUT2D eigenvalue weighted by molar-refractivity contribution is -0.0368. The van der Waals surface area contributed by atoms with Gasteiger partial charge in [0.1, 0.15) is 0 Å². The summed E-state index contributed by atoms with van der Waals surface area (Å²) in [6.45, 7) is 8.65. The molecule has 2 rings (SSSR count). The first kappa shape index (κ1) is 13.6. The van der Waals surface area contributed by atoms with Crippen molar-refractivity contribution in [3.63, 3.8) is 0 Å². The van der Waals surface area contributed by atoms with Crippen LogP contribution in [0.2, 0.25) is 0 Å². The molecule has 0 saturated carbocycles. The number of morpholine rings is 1. The molecule has 1 aliphatic rings. The summed E-state index contributed by atoms with van der Waals surface area (Å²) < 4.78 is 5.85. The van der Waals surface area contributed by atoms with Crippen LogP contribution in [-0.2, 0) is 11.3 Å². The largest absolute Gasteiger partial charge is 0.376 e. The van der Waals surface area contributed by atoms with Crippen molar-refractivity contribution in [3.05, 3.63) is 35.9 Å². The Bertz CT molecular complexity index is 336. The van der Waals surface area contributed by atoms with Crippen LogP contribution in [0.3, 0.4) is 0 Å². The number of nitrogens with zero attached hydrogens (tertiary/aromatic N) is 1. The number of benzene rings is 1. The molecule has 2 nitrogen and oxygen atoms in total. The van der Waals surface area contributed by atoms with Gasteiger partial charge in [-0.2, -0.15) is 0 Å². The molecule has 1 aliphatic heterocycles. The molecule has 1 atom stereocenters. The van der Waals surface area contributed by atoms with Crippen molar-refractivity contribution in [2.45, 2.75) is 39.3 Å². The van der Waals surface area contributed by atoms with E-state index in [1.807, 2.05) is 0 Å². The molecule has 1 unspecified atom stereocenters. The summed E-state index contributed by atoms with van der Waals surface area (Å²) in [5.41, 5.74) is 1.40. The summed E-state index contributed by atoms with van der Waals surface area (Å²) in [5, 5.41) is 0. The van der Waals surface area contributed by atoms with E-state index in [9.17, 15) is 0 Å². The van der Waals surface area contributed by atoms with Crippen LogP contribution >= 0.6 is 0 Å². The predicted molar refractivity (Wildman–Crippen MR) is 75.5 cm³/mol. The standard InChI is InChI=1S/C16H25NO/c1-14(2)8-9-16-13-17(10-11-18-16)12-15-6-4-3-5-7-15/h3-7,14,16H,8-13H2,1-2H3. The van der Waals surface area contributed by atoms with Crippen LogP contribution in [0, 0.1) is 5.92 Å². The molecule has 18 heavy (non-hydrogen) atoms. The molecule has 0 spiro atoms. The molecular formula is C16H25NO. The van der Waals surface area contributed by atoms with E-state index in [0.717, 1.165) is 32.2 Å². The number of rotatable bonds is 5. The SMILES string of the molecule is CC(C)CCC1CN(Cc2ccccc2)CCO1. The minimum atomic E-state index is 0.435. The second-order valence-electron chi connectivity index (χ2n) is 5.68. The second-order valence-corrected chi connectivity index (χ2v) is 5.68. The van der Waals surface area contributed by atoms with E-state index in [0.29, 0.717) is 6.10 Å². The molecule has 1 saturated heterocycles. The number of hydrogen-bond acceptors (Lipinski definition) is 2. The van der Waals surface area contributed by atoms with Gasteiger partial charge in [-0.05, 0) is 24.3 Å². The molecule has 1 aromatic carbocycles. The van der Waals surface area contributed by atoms with Crippen LogP contribution in [0.25, 0.3) is 0 Å². The van der Waals surface area contributed by atoms with Gasteiger partial charge in [-0.25, -0.2) is 0 Å². The van der Waals surface area contributed by atoms with Crippen LogP contribution in [0.5, 0.6) is 0 Å². The van der Waals surface area contributed by atoms with Crippen molar-refractivity contribution < 1.29 is 4.74 Å². The summed E-state index contributed by atoms with van der Waals surface area (Å²) >= 11 is 0. The van der Waals surface area contributed by atoms with Crippen LogP contribution in [0.1, 0.15) is 32.3 Å². The molecule has 0 aliphatic carbocycles. The van der Waals surface area contributed by atoms with Gasteiger partial charge in [0.05, 0.1) is 12.7 Å². The van der Waals surface area contributed by atoms with Gasteiger partial charge in [0.15, 0.2) is 0 Å². The highest BCUT2D eigenvalue weighted by Crippen LogP contribution is 2.16. The van der Waals surface area contributed by atoms with Gasteiger partial charge in [-0.3, -0.25) is 4.90 Å². The monoisotopic (exact) mass is 247 g/mol. The van der Waals surface area contributed by atoms with Gasteiger partial charge in [-0.15, -0.1) is 0 Å². The molecule has 0 radical (unpaired) electrons. The summed E-state index contributed by atoms with van der Waals surface area (Å²) in [6.07, 6.45) is 2.90. The van der Waals surface area contributed by atoms with E-state index in [-0.39, 0.29) is 0 Å². The minimum Gasteiger partial charge on any atom is -0.376 e. The molecule has 1 aromatic rings. The summed E-state index contributed by atoms with van der Waals surface area (Å²) in [6, 6.07) is 10.7. The molecule has 0 N–H and O–H groups in total. The van der Waals surface area contributed by atoms with Crippen LogP contribution in [0.15, 0.2) is 30.3 Å². The summed E-state index contributed by atoms with van der Waals surface area (Å²) in [7, 11) is 0. The fourth-order valence-corrected chi connectivity index (χ4v) is 2.46. The molecule has 1 fully saturated rings. The third kappa shape index (κ3) is 4.43. The fourth-order valence-electron chi connectivity index (χ4n) is 2.46. The van der Waals surface area contributed by atoms with E-state index >= 15 is 0 Å². The molecule has 0 bridgehead atoms. The van der Waals surface area contributed by atoms with Gasteiger partial charge in [0.25, 0.3) is 0 Å². The zero-order chi connectivity index (χ0) is 12.8. The first-order valence-corrected chi connectivity index (χ1v) is 7.12. The maximum atomic E-state index is 5.85. The topological polar surface area (TPSA) is 12.5 Å². The van der Waals surface area contributed by atoms with Crippen molar-refractivity contribution in [1.29, 1.82) is 0 Å². The predicted octanol–water partition coefficient (Wildman–Crippen LogP) is 3.32. The average Bonchev–Trinajstić information content (AvgIpc) is 2.38. The van der Waals surface area contributed by atoms with E-state index in [4.69, 9.17) is 4.74 Å². The molecule has 100 valence electrons. The Morgan fingerprint density at radius 2 is 2.06 bits per heavy atom. The van der Waals surface area contributed by atoms with Gasteiger partial charge in [0.2, 0.25) is 0 Å². The molecular weight excluding hydrogens is 222 g/mol. The van der Waals surface area contributed by atoms with Gasteiger partial charge in [0, 0.05) is 19.6 Å². The molecule has 1 heterocycles. The fraction of sp³-hybridized carbons (Fsp3) is 0.625. The zero-order valence-electron chi connectivity index (χ0n) is 11.6. The molecule has 0 amide bonds. The minimum absolute atomic E-state index is 0.435. The molecule has 2 heteroatoms. The lowest BCUT2D eigenvalue weighted by Gasteiger charge is -2.33. The lowest BCUT2D eigenvalue weighted by atomic mass is 10.0. The van der Waals surface area contributed by atoms with Crippen LogP contribution < -0.4 is 0 Å². The van der Waals surface area contributed by atoms with E-state index in [1.54, 1.807) is 0 Å². The van der Waals surface area contributed by atoms with E-state index in [1.165, 1.54) is 18.4 Å². The van der Waals surface area contributed by atoms with Crippen molar-refractivity contribution in [1.82, 2.24) is 4.90 Å². The second kappa shape index (κ2) is 6.91. The summed E-state index contributed by atoms with van der Waals surface area (Å²) in [5.74, 6) is 0.776. The quantitative estimate of drug-likeness (QED) is 0.791. The van der Waals surface area contributed by atoms with Gasteiger partial charge < -0.3 is 4.74 Å². The average molecular weight is 247 g/mol. The maximum absolute atomic E-state index is 5.85. The first-order valence-electron chi connectivity index (χ1n) is 7.12. The highest BCUT2D eigenvalue weighted by atomic mass is 16.5. The zero-order valence-corrected chi connectivity index (χ0v) is 11.6. The van der Waals surface area contributed by atoms with Crippen molar-refractivity contribution in [3.8, 4) is 0 Å². The summed E-state index contributed by atoms with van der Waals surface area (Å²) in [4.78, 5) is 2.52. The maximum Gasteiger partial charge on any atom is 0.0702 e. The van der Waals surface area contributed by atoms with Crippen molar-refractivity contribution in [2.75, 3.05) is 19.7 Å². The third-order valence-corrected chi connectivity index (χ3v) is 3.54. The number of hydrogen-bond donors (Lipinski definition) is 0. The highest BCUT2D eigenvalue weighted by Gasteiger charge is 2.20. The Morgan fingerprint density at radius 3 is 2.78 bits per heavy atom. The smallest absolute Gasteiger partial charge is 0.0702 e. The first-order chi connectivity index (χ1) is 8.74. The Hall–Kier alpha value is -0.860. The Balaban J connectivity index is 1.79. The Morgan fingerprint density at radius 1 is 1.28 bits per heavy atom. The van der Waals surface area contributed by atoms with Crippen LogP contribution in [-0.4, -0.2) is 30.7 Å². The van der Waals surface area contributed by atoms with Gasteiger partial charge >= 0.3 is 0 Å². The highest BCUT2D eigenvalue weighted by molar-refractivity contribution is 5.14. The van der Waals surface area contributed by atoms with E-state index < -0.39 is 0 Å². The van der Waals surface area contributed by atoms with Crippen molar-refractivity contribution >= 4 is 0 Å². The van der Waals surface area contributed by atoms with Gasteiger partial charge in [-0.1, -0.05) is 44.2 Å². The lowest BCUT2D eigenvalue weighted by Crippen LogP contribution is -2.41. The normalized spacial score (nSPS) is 21.4. The Labute approximate surface area is 111 Å². The third-order valence-electron chi connectivity index (χ3n) is 3.54. The molecule has 0 aromatic heterocycles. The van der Waals surface area contributed by atoms with E-state index in [2.05, 4.69) is 49.1 Å². The Kier molecular flexibility index (Phi) is 5.21. The number of ether oxygens (including phenoxy) is 1.